The largest absolute Gasteiger partial charge is 0.492 e. The minimum Gasteiger partial charge on any atom is -0.492 e. The van der Waals surface area contributed by atoms with Crippen molar-refractivity contribution in [2.75, 3.05) is 6.61 Å². The predicted molar refractivity (Wildman–Crippen MR) is 223 cm³/mol. The Morgan fingerprint density at radius 3 is 1.94 bits per heavy atom. The molecule has 0 aliphatic carbocycles. The highest BCUT2D eigenvalue weighted by Crippen LogP contribution is 2.28. The topological polar surface area (TPSA) is 65.5 Å². The summed E-state index contributed by atoms with van der Waals surface area (Å²) in [6, 6.07) is 26.6. The van der Waals surface area contributed by atoms with Crippen molar-refractivity contribution in [2.24, 2.45) is 17.8 Å². The predicted octanol–water partition coefficient (Wildman–Crippen LogP) is 12.6. The smallest absolute Gasteiger partial charge is 0.344 e. The Hall–Kier alpha value is -4.42. The molecule has 1 aromatic heterocycles. The molecule has 0 aliphatic rings. The van der Waals surface area contributed by atoms with Crippen LogP contribution in [0.4, 0.5) is 0 Å². The lowest BCUT2D eigenvalue weighted by molar-refractivity contribution is 0.0727. The van der Waals surface area contributed by atoms with Gasteiger partial charge in [-0.1, -0.05) is 134 Å². The molecule has 5 rings (SSSR count). The van der Waals surface area contributed by atoms with Gasteiger partial charge in [0, 0.05) is 23.6 Å². The van der Waals surface area contributed by atoms with Crippen LogP contribution in [0.25, 0.3) is 21.5 Å². The molecule has 0 spiro atoms. The molecule has 3 atom stereocenters. The lowest BCUT2D eigenvalue weighted by atomic mass is 9.81. The molecule has 0 aliphatic heterocycles. The number of unbranched alkanes of at least 4 members (excludes halogenated alkanes) is 5. The van der Waals surface area contributed by atoms with Gasteiger partial charge in [0.25, 0.3) is 0 Å². The molecular weight excluding hydrogens is 675 g/mol. The first-order chi connectivity index (χ1) is 25.6. The number of rotatable bonds is 20. The average molecular weight is 730 g/mol. The van der Waals surface area contributed by atoms with Crippen molar-refractivity contribution < 1.29 is 19.1 Å². The van der Waals surface area contributed by atoms with Gasteiger partial charge in [-0.15, -0.1) is 0 Å². The van der Waals surface area contributed by atoms with E-state index < -0.39 is 5.97 Å². The van der Waals surface area contributed by atoms with Crippen molar-refractivity contribution in [3.63, 3.8) is 0 Å². The molecule has 3 unspecified atom stereocenters. The standard InChI is InChI=1S/C47H55NO4S/c1-6-8-9-10-11-12-25-51-43-22-24-45(48-31-43)52-47(50)42-21-18-38-29-41(20-17-39(38)30-42)46(49)40-19-16-36-26-35(14-15-37(36)28-40)27-44(53)23-13-33(4)34(5)32(3)7-2/h14-22,24,26,28-34H,6-13,23,25,27H2,1-5H3. The summed E-state index contributed by atoms with van der Waals surface area (Å²) in [5.41, 5.74) is 2.84. The van der Waals surface area contributed by atoms with Gasteiger partial charge < -0.3 is 9.47 Å². The normalized spacial score (nSPS) is 13.1. The van der Waals surface area contributed by atoms with E-state index in [4.69, 9.17) is 21.7 Å². The van der Waals surface area contributed by atoms with Crippen LogP contribution in [0.3, 0.4) is 0 Å². The number of benzene rings is 4. The zero-order valence-electron chi connectivity index (χ0n) is 32.2. The lowest BCUT2D eigenvalue weighted by Crippen LogP contribution is -2.17. The summed E-state index contributed by atoms with van der Waals surface area (Å²) in [6.07, 6.45) is 12.9. The number of ketones is 1. The van der Waals surface area contributed by atoms with Crippen molar-refractivity contribution in [3.8, 4) is 11.6 Å². The summed E-state index contributed by atoms with van der Waals surface area (Å²) in [5, 5.41) is 3.82. The first kappa shape index (κ1) is 39.8. The van der Waals surface area contributed by atoms with Gasteiger partial charge in [-0.05, 0) is 99.3 Å². The fourth-order valence-corrected chi connectivity index (χ4v) is 7.15. The molecule has 0 N–H and O–H groups in total. The van der Waals surface area contributed by atoms with Crippen LogP contribution in [0, 0.1) is 17.8 Å². The third-order valence-corrected chi connectivity index (χ3v) is 11.2. The van der Waals surface area contributed by atoms with Crippen LogP contribution in [-0.2, 0) is 6.42 Å². The SMILES string of the molecule is CCCCCCCCOc1ccc(OC(=O)c2ccc3cc(C(=O)c4ccc5cc(CC(=S)CCC(C)C(C)C(C)CC)ccc5c4)ccc3c2)nc1. The average Bonchev–Trinajstić information content (AvgIpc) is 3.18. The second-order valence-corrected chi connectivity index (χ2v) is 15.4. The van der Waals surface area contributed by atoms with E-state index in [0.29, 0.717) is 40.9 Å². The number of hydrogen-bond donors (Lipinski definition) is 0. The van der Waals surface area contributed by atoms with Gasteiger partial charge in [0.1, 0.15) is 5.75 Å². The van der Waals surface area contributed by atoms with Crippen LogP contribution >= 0.6 is 12.2 Å². The first-order valence-electron chi connectivity index (χ1n) is 19.6. The minimum absolute atomic E-state index is 0.0474. The van der Waals surface area contributed by atoms with Crippen LogP contribution in [0.5, 0.6) is 11.6 Å². The molecule has 53 heavy (non-hydrogen) atoms. The van der Waals surface area contributed by atoms with Crippen LogP contribution in [0.1, 0.15) is 124 Å². The van der Waals surface area contributed by atoms with Gasteiger partial charge in [0.15, 0.2) is 5.78 Å². The van der Waals surface area contributed by atoms with Gasteiger partial charge in [-0.25, -0.2) is 9.78 Å². The summed E-state index contributed by atoms with van der Waals surface area (Å²) < 4.78 is 11.3. The molecule has 1 heterocycles. The molecule has 0 amide bonds. The van der Waals surface area contributed by atoms with E-state index in [9.17, 15) is 9.59 Å². The fraction of sp³-hybridized carbons (Fsp3) is 0.404. The maximum atomic E-state index is 13.6. The quantitative estimate of drug-likeness (QED) is 0.0344. The Kier molecular flexibility index (Phi) is 14.7. The summed E-state index contributed by atoms with van der Waals surface area (Å²) in [6.45, 7) is 12.2. The monoisotopic (exact) mass is 729 g/mol. The van der Waals surface area contributed by atoms with E-state index in [1.807, 2.05) is 42.5 Å². The van der Waals surface area contributed by atoms with Gasteiger partial charge in [0.2, 0.25) is 5.88 Å². The van der Waals surface area contributed by atoms with E-state index >= 15 is 0 Å². The number of pyridine rings is 1. The summed E-state index contributed by atoms with van der Waals surface area (Å²) >= 11 is 5.80. The van der Waals surface area contributed by atoms with Crippen LogP contribution < -0.4 is 9.47 Å². The van der Waals surface area contributed by atoms with Crippen molar-refractivity contribution >= 4 is 50.4 Å². The van der Waals surface area contributed by atoms with Crippen LogP contribution in [-0.4, -0.2) is 28.2 Å². The summed E-state index contributed by atoms with van der Waals surface area (Å²) in [5.74, 6) is 2.42. The Labute approximate surface area is 321 Å². The highest BCUT2D eigenvalue weighted by molar-refractivity contribution is 7.80. The highest BCUT2D eigenvalue weighted by Gasteiger charge is 2.18. The lowest BCUT2D eigenvalue weighted by Gasteiger charge is -2.25. The first-order valence-corrected chi connectivity index (χ1v) is 20.0. The molecule has 5 nitrogen and oxygen atoms in total. The highest BCUT2D eigenvalue weighted by atomic mass is 32.1. The number of aromatic nitrogens is 1. The maximum Gasteiger partial charge on any atom is 0.344 e. The number of carbonyl (C=O) groups excluding carboxylic acids is 2. The second-order valence-electron chi connectivity index (χ2n) is 14.8. The number of hydrogen-bond acceptors (Lipinski definition) is 6. The van der Waals surface area contributed by atoms with Crippen molar-refractivity contribution in [2.45, 2.75) is 98.8 Å². The van der Waals surface area contributed by atoms with E-state index in [2.05, 4.69) is 57.8 Å². The van der Waals surface area contributed by atoms with Crippen LogP contribution in [0.2, 0.25) is 0 Å². The number of nitrogens with zero attached hydrogens (tertiary/aromatic N) is 1. The van der Waals surface area contributed by atoms with E-state index in [1.165, 1.54) is 37.7 Å². The molecule has 5 aromatic rings. The van der Waals surface area contributed by atoms with E-state index in [1.54, 1.807) is 30.5 Å². The second kappa shape index (κ2) is 19.6. The zero-order valence-corrected chi connectivity index (χ0v) is 33.0. The van der Waals surface area contributed by atoms with Gasteiger partial charge in [0.05, 0.1) is 18.4 Å². The molecule has 6 heteroatoms. The van der Waals surface area contributed by atoms with E-state index in [0.717, 1.165) is 64.4 Å². The Bertz CT molecular complexity index is 2000. The van der Waals surface area contributed by atoms with Gasteiger partial charge >= 0.3 is 5.97 Å². The molecule has 0 fully saturated rings. The van der Waals surface area contributed by atoms with Gasteiger partial charge in [-0.3, -0.25) is 4.79 Å². The fourth-order valence-electron chi connectivity index (χ4n) is 6.87. The molecule has 0 radical (unpaired) electrons. The van der Waals surface area contributed by atoms with E-state index in [-0.39, 0.29) is 11.7 Å². The minimum atomic E-state index is -0.497. The number of ether oxygens (including phenoxy) is 2. The molecule has 0 saturated carbocycles. The molecule has 0 saturated heterocycles. The molecular formula is C47H55NO4S. The third-order valence-electron chi connectivity index (χ3n) is 10.9. The number of esters is 1. The number of thiocarbonyl (C=S) groups is 1. The Morgan fingerprint density at radius 2 is 1.30 bits per heavy atom. The van der Waals surface area contributed by atoms with Crippen LogP contribution in [0.15, 0.2) is 91.1 Å². The summed E-state index contributed by atoms with van der Waals surface area (Å²) in [4.78, 5) is 31.9. The molecule has 278 valence electrons. The zero-order chi connectivity index (χ0) is 37.7. The van der Waals surface area contributed by atoms with Crippen molar-refractivity contribution in [3.05, 3.63) is 113 Å². The third kappa shape index (κ3) is 11.3. The van der Waals surface area contributed by atoms with Crippen molar-refractivity contribution in [1.82, 2.24) is 4.98 Å². The Balaban J connectivity index is 1.15. The maximum absolute atomic E-state index is 13.6. The molecule has 0 bridgehead atoms. The number of carbonyl (C=O) groups is 2. The molecule has 4 aromatic carbocycles. The Morgan fingerprint density at radius 1 is 0.698 bits per heavy atom. The summed E-state index contributed by atoms with van der Waals surface area (Å²) in [7, 11) is 0. The number of fused-ring (bicyclic) bond motifs is 2. The van der Waals surface area contributed by atoms with Crippen molar-refractivity contribution in [1.29, 1.82) is 0 Å². The van der Waals surface area contributed by atoms with Gasteiger partial charge in [-0.2, -0.15) is 0 Å².